The Balaban J connectivity index is 2.11. The highest BCUT2D eigenvalue weighted by Gasteiger charge is 2.30. The minimum atomic E-state index is 0.366. The number of rotatable bonds is 1. The van der Waals surface area contributed by atoms with E-state index < -0.39 is 0 Å². The Kier molecular flexibility index (Phi) is 2.07. The van der Waals surface area contributed by atoms with Crippen LogP contribution in [-0.4, -0.2) is 15.4 Å². The second-order valence-electron chi connectivity index (χ2n) is 4.15. The van der Waals surface area contributed by atoms with Crippen molar-refractivity contribution in [3.05, 3.63) is 34.8 Å². The van der Waals surface area contributed by atoms with Crippen LogP contribution < -0.4 is 5.73 Å². The molecule has 1 fully saturated rings. The SMILES string of the molecule is NC1CC(c2nc(Br)c3ccccn23)C1. The lowest BCUT2D eigenvalue weighted by molar-refractivity contribution is 0.337. The van der Waals surface area contributed by atoms with Gasteiger partial charge in [-0.3, -0.25) is 0 Å². The van der Waals surface area contributed by atoms with Gasteiger partial charge in [-0.05, 0) is 40.9 Å². The highest BCUT2D eigenvalue weighted by Crippen LogP contribution is 2.36. The Labute approximate surface area is 96.4 Å². The first-order valence-corrected chi connectivity index (χ1v) is 5.93. The maximum atomic E-state index is 5.81. The van der Waals surface area contributed by atoms with Gasteiger partial charge in [0.1, 0.15) is 10.4 Å². The predicted molar refractivity (Wildman–Crippen MR) is 62.8 cm³/mol. The van der Waals surface area contributed by atoms with E-state index in [2.05, 4.69) is 37.6 Å². The van der Waals surface area contributed by atoms with Crippen molar-refractivity contribution in [3.8, 4) is 0 Å². The molecule has 4 heteroatoms. The van der Waals surface area contributed by atoms with E-state index in [0.29, 0.717) is 12.0 Å². The lowest BCUT2D eigenvalue weighted by atomic mass is 9.80. The van der Waals surface area contributed by atoms with Gasteiger partial charge in [0, 0.05) is 18.2 Å². The Hall–Kier alpha value is -0.870. The normalized spacial score (nSPS) is 25.5. The first-order chi connectivity index (χ1) is 7.25. The van der Waals surface area contributed by atoms with Crippen LogP contribution in [0, 0.1) is 0 Å². The molecule has 1 aliphatic rings. The molecule has 0 amide bonds. The molecule has 0 saturated heterocycles. The van der Waals surface area contributed by atoms with E-state index in [1.807, 2.05) is 12.1 Å². The molecule has 15 heavy (non-hydrogen) atoms. The van der Waals surface area contributed by atoms with Gasteiger partial charge in [0.15, 0.2) is 0 Å². The fourth-order valence-electron chi connectivity index (χ4n) is 2.18. The second kappa shape index (κ2) is 3.32. The first kappa shape index (κ1) is 9.36. The average Bonchev–Trinajstić information content (AvgIpc) is 2.52. The van der Waals surface area contributed by atoms with E-state index in [0.717, 1.165) is 28.8 Å². The Morgan fingerprint density at radius 3 is 2.93 bits per heavy atom. The molecule has 1 saturated carbocycles. The highest BCUT2D eigenvalue weighted by molar-refractivity contribution is 9.10. The van der Waals surface area contributed by atoms with Gasteiger partial charge in [-0.2, -0.15) is 0 Å². The molecular formula is C11H12BrN3. The van der Waals surface area contributed by atoms with Crippen molar-refractivity contribution >= 4 is 21.4 Å². The zero-order chi connectivity index (χ0) is 10.4. The van der Waals surface area contributed by atoms with Crippen LogP contribution in [0.5, 0.6) is 0 Å². The van der Waals surface area contributed by atoms with Crippen LogP contribution >= 0.6 is 15.9 Å². The summed E-state index contributed by atoms with van der Waals surface area (Å²) in [5, 5.41) is 0. The zero-order valence-corrected chi connectivity index (χ0v) is 9.81. The van der Waals surface area contributed by atoms with E-state index in [-0.39, 0.29) is 0 Å². The summed E-state index contributed by atoms with van der Waals surface area (Å²) < 4.78 is 3.08. The van der Waals surface area contributed by atoms with Crippen LogP contribution in [-0.2, 0) is 0 Å². The Morgan fingerprint density at radius 1 is 1.40 bits per heavy atom. The summed E-state index contributed by atoms with van der Waals surface area (Å²) in [6, 6.07) is 6.49. The minimum absolute atomic E-state index is 0.366. The molecule has 3 nitrogen and oxygen atoms in total. The van der Waals surface area contributed by atoms with E-state index in [4.69, 9.17) is 5.73 Å². The van der Waals surface area contributed by atoms with Gasteiger partial charge in [-0.1, -0.05) is 6.07 Å². The van der Waals surface area contributed by atoms with Crippen molar-refractivity contribution in [2.24, 2.45) is 5.73 Å². The Bertz CT molecular complexity index is 500. The van der Waals surface area contributed by atoms with E-state index >= 15 is 0 Å². The molecule has 3 rings (SSSR count). The average molecular weight is 266 g/mol. The summed E-state index contributed by atoms with van der Waals surface area (Å²) in [7, 11) is 0. The molecule has 2 aromatic rings. The zero-order valence-electron chi connectivity index (χ0n) is 8.23. The quantitative estimate of drug-likeness (QED) is 0.860. The maximum Gasteiger partial charge on any atom is 0.132 e. The summed E-state index contributed by atoms with van der Waals surface area (Å²) in [5.41, 5.74) is 6.94. The van der Waals surface area contributed by atoms with Gasteiger partial charge in [0.25, 0.3) is 0 Å². The number of fused-ring (bicyclic) bond motifs is 1. The number of hydrogen-bond acceptors (Lipinski definition) is 2. The summed E-state index contributed by atoms with van der Waals surface area (Å²) >= 11 is 3.49. The van der Waals surface area contributed by atoms with E-state index in [1.54, 1.807) is 0 Å². The molecule has 2 heterocycles. The molecule has 0 atom stereocenters. The minimum Gasteiger partial charge on any atom is -0.328 e. The van der Waals surface area contributed by atoms with Gasteiger partial charge in [-0.25, -0.2) is 4.98 Å². The molecule has 0 radical (unpaired) electrons. The van der Waals surface area contributed by atoms with Crippen LogP contribution in [0.3, 0.4) is 0 Å². The largest absolute Gasteiger partial charge is 0.328 e. The van der Waals surface area contributed by atoms with Crippen LogP contribution in [0.2, 0.25) is 0 Å². The topological polar surface area (TPSA) is 43.3 Å². The number of nitrogens with zero attached hydrogens (tertiary/aromatic N) is 2. The monoisotopic (exact) mass is 265 g/mol. The number of nitrogens with two attached hydrogens (primary N) is 1. The van der Waals surface area contributed by atoms with Gasteiger partial charge in [0.05, 0.1) is 5.52 Å². The van der Waals surface area contributed by atoms with Crippen molar-refractivity contribution in [2.75, 3.05) is 0 Å². The van der Waals surface area contributed by atoms with Crippen molar-refractivity contribution in [2.45, 2.75) is 24.8 Å². The third kappa shape index (κ3) is 1.40. The van der Waals surface area contributed by atoms with Crippen LogP contribution in [0.15, 0.2) is 29.0 Å². The molecule has 0 bridgehead atoms. The molecule has 0 aromatic carbocycles. The fourth-order valence-corrected chi connectivity index (χ4v) is 2.69. The molecule has 78 valence electrons. The molecular weight excluding hydrogens is 254 g/mol. The van der Waals surface area contributed by atoms with Gasteiger partial charge in [-0.15, -0.1) is 0 Å². The summed E-state index contributed by atoms with van der Waals surface area (Å²) in [4.78, 5) is 4.57. The predicted octanol–water partition coefficient (Wildman–Crippen LogP) is 2.30. The molecule has 1 aliphatic carbocycles. The van der Waals surface area contributed by atoms with Crippen molar-refractivity contribution in [3.63, 3.8) is 0 Å². The maximum absolute atomic E-state index is 5.81. The molecule has 0 spiro atoms. The highest BCUT2D eigenvalue weighted by atomic mass is 79.9. The summed E-state index contributed by atoms with van der Waals surface area (Å²) in [6.45, 7) is 0. The van der Waals surface area contributed by atoms with Gasteiger partial charge < -0.3 is 10.1 Å². The smallest absolute Gasteiger partial charge is 0.132 e. The lowest BCUT2D eigenvalue weighted by Crippen LogP contribution is -2.35. The third-order valence-electron chi connectivity index (χ3n) is 3.07. The van der Waals surface area contributed by atoms with Gasteiger partial charge in [0.2, 0.25) is 0 Å². The molecule has 2 N–H and O–H groups in total. The fraction of sp³-hybridized carbons (Fsp3) is 0.364. The number of hydrogen-bond donors (Lipinski definition) is 1. The van der Waals surface area contributed by atoms with E-state index in [1.165, 1.54) is 0 Å². The van der Waals surface area contributed by atoms with Crippen LogP contribution in [0.25, 0.3) is 5.52 Å². The Morgan fingerprint density at radius 2 is 2.20 bits per heavy atom. The van der Waals surface area contributed by atoms with Crippen molar-refractivity contribution < 1.29 is 0 Å². The van der Waals surface area contributed by atoms with Crippen molar-refractivity contribution in [1.82, 2.24) is 9.38 Å². The number of aromatic nitrogens is 2. The molecule has 0 aliphatic heterocycles. The first-order valence-electron chi connectivity index (χ1n) is 5.14. The van der Waals surface area contributed by atoms with Crippen molar-refractivity contribution in [1.29, 1.82) is 0 Å². The summed E-state index contributed by atoms with van der Waals surface area (Å²) in [5.74, 6) is 1.67. The van der Waals surface area contributed by atoms with Gasteiger partial charge >= 0.3 is 0 Å². The lowest BCUT2D eigenvalue weighted by Gasteiger charge is -2.31. The van der Waals surface area contributed by atoms with E-state index in [9.17, 15) is 0 Å². The number of halogens is 1. The molecule has 2 aromatic heterocycles. The number of pyridine rings is 1. The standard InChI is InChI=1S/C11H12BrN3/c12-10-9-3-1-2-4-15(9)11(14-10)7-5-8(13)6-7/h1-4,7-8H,5-6,13H2. The molecule has 0 unspecified atom stereocenters. The van der Waals surface area contributed by atoms with Crippen LogP contribution in [0.4, 0.5) is 0 Å². The summed E-state index contributed by atoms with van der Waals surface area (Å²) in [6.07, 6.45) is 4.17. The number of imidazole rings is 1. The third-order valence-corrected chi connectivity index (χ3v) is 3.65. The second-order valence-corrected chi connectivity index (χ2v) is 4.90. The van der Waals surface area contributed by atoms with Crippen LogP contribution in [0.1, 0.15) is 24.6 Å².